The van der Waals surface area contributed by atoms with E-state index in [1.165, 1.54) is 4.90 Å². The van der Waals surface area contributed by atoms with Crippen LogP contribution in [0.1, 0.15) is 12.0 Å². The van der Waals surface area contributed by atoms with Crippen LogP contribution in [0.5, 0.6) is 5.75 Å². The predicted octanol–water partition coefficient (Wildman–Crippen LogP) is 2.29. The molecule has 0 radical (unpaired) electrons. The van der Waals surface area contributed by atoms with Crippen LogP contribution in [-0.2, 0) is 16.1 Å². The summed E-state index contributed by atoms with van der Waals surface area (Å²) in [4.78, 5) is 13.6. The number of aliphatic hydroxyl groups is 1. The fourth-order valence-electron chi connectivity index (χ4n) is 2.59. The lowest BCUT2D eigenvalue weighted by Crippen LogP contribution is -2.35. The number of likely N-dealkylation sites (tertiary alicyclic amines) is 1. The molecule has 0 bridgehead atoms. The second-order valence-corrected chi connectivity index (χ2v) is 6.03. The number of amides is 1. The zero-order chi connectivity index (χ0) is 20.7. The Bertz CT molecular complexity index is 747. The summed E-state index contributed by atoms with van der Waals surface area (Å²) in [5, 5.41) is 23.3. The van der Waals surface area contributed by atoms with Crippen LogP contribution >= 0.6 is 0 Å². The second kappa shape index (κ2) is 9.36. The number of rotatable bonds is 7. The first-order chi connectivity index (χ1) is 13.2. The molecule has 7 nitrogen and oxygen atoms in total. The SMILES string of the molecule is N=C/C=C(\C(=N)O[C@@H]1CCN(C(=O)COc2ccc(CO)cc2)C1)C(F)(F)F. The molecule has 1 aromatic carbocycles. The molecule has 1 aliphatic rings. The number of nitrogens with zero attached hydrogens (tertiary/aromatic N) is 1. The van der Waals surface area contributed by atoms with E-state index in [-0.39, 0.29) is 38.6 Å². The minimum atomic E-state index is -4.80. The number of hydrogen-bond acceptors (Lipinski definition) is 6. The van der Waals surface area contributed by atoms with E-state index in [2.05, 4.69) is 0 Å². The van der Waals surface area contributed by atoms with Gasteiger partial charge in [0.1, 0.15) is 17.4 Å². The zero-order valence-electron chi connectivity index (χ0n) is 14.8. The third kappa shape index (κ3) is 5.81. The van der Waals surface area contributed by atoms with E-state index in [1.54, 1.807) is 24.3 Å². The Morgan fingerprint density at radius 2 is 2.00 bits per heavy atom. The number of nitrogens with one attached hydrogen (secondary N) is 2. The highest BCUT2D eigenvalue weighted by Gasteiger charge is 2.39. The summed E-state index contributed by atoms with van der Waals surface area (Å²) in [6.45, 7) is -0.0262. The Hall–Kier alpha value is -2.88. The highest BCUT2D eigenvalue weighted by Crippen LogP contribution is 2.27. The minimum absolute atomic E-state index is 0.0454. The molecule has 1 aromatic rings. The van der Waals surface area contributed by atoms with Gasteiger partial charge in [0.25, 0.3) is 5.91 Å². The van der Waals surface area contributed by atoms with Crippen LogP contribution in [0, 0.1) is 10.8 Å². The van der Waals surface area contributed by atoms with Gasteiger partial charge < -0.3 is 24.9 Å². The molecule has 1 atom stereocenters. The third-order valence-corrected chi connectivity index (χ3v) is 4.05. The van der Waals surface area contributed by atoms with Crippen molar-refractivity contribution in [3.63, 3.8) is 0 Å². The Morgan fingerprint density at radius 1 is 1.32 bits per heavy atom. The molecule has 1 fully saturated rings. The van der Waals surface area contributed by atoms with Gasteiger partial charge in [0.15, 0.2) is 6.61 Å². The van der Waals surface area contributed by atoms with E-state index in [1.807, 2.05) is 0 Å². The Balaban J connectivity index is 1.85. The van der Waals surface area contributed by atoms with E-state index in [0.717, 1.165) is 0 Å². The van der Waals surface area contributed by atoms with Gasteiger partial charge >= 0.3 is 6.18 Å². The lowest BCUT2D eigenvalue weighted by molar-refractivity contribution is -0.132. The summed E-state index contributed by atoms with van der Waals surface area (Å²) in [6.07, 6.45) is -4.36. The maximum absolute atomic E-state index is 12.9. The summed E-state index contributed by atoms with van der Waals surface area (Å²) in [5.41, 5.74) is -0.641. The largest absolute Gasteiger partial charge is 0.484 e. The van der Waals surface area contributed by atoms with Crippen molar-refractivity contribution in [3.05, 3.63) is 41.5 Å². The van der Waals surface area contributed by atoms with Crippen molar-refractivity contribution in [3.8, 4) is 5.75 Å². The maximum Gasteiger partial charge on any atom is 0.421 e. The summed E-state index contributed by atoms with van der Waals surface area (Å²) in [5.74, 6) is -0.976. The van der Waals surface area contributed by atoms with E-state index < -0.39 is 23.8 Å². The summed E-state index contributed by atoms with van der Waals surface area (Å²) in [6, 6.07) is 6.55. The van der Waals surface area contributed by atoms with Crippen molar-refractivity contribution in [1.29, 1.82) is 10.8 Å². The lowest BCUT2D eigenvalue weighted by atomic mass is 10.2. The zero-order valence-corrected chi connectivity index (χ0v) is 14.8. The number of carbonyl (C=O) groups is 1. The summed E-state index contributed by atoms with van der Waals surface area (Å²) < 4.78 is 49.0. The van der Waals surface area contributed by atoms with Crippen molar-refractivity contribution >= 4 is 18.0 Å². The molecule has 3 N–H and O–H groups in total. The van der Waals surface area contributed by atoms with Crippen LogP contribution in [0.3, 0.4) is 0 Å². The molecule has 0 saturated carbocycles. The van der Waals surface area contributed by atoms with Gasteiger partial charge in [0, 0.05) is 19.2 Å². The number of halogens is 3. The molecule has 1 saturated heterocycles. The van der Waals surface area contributed by atoms with Crippen molar-refractivity contribution in [2.75, 3.05) is 19.7 Å². The molecule has 1 amide bonds. The molecule has 28 heavy (non-hydrogen) atoms. The van der Waals surface area contributed by atoms with E-state index in [9.17, 15) is 18.0 Å². The van der Waals surface area contributed by atoms with Crippen molar-refractivity contribution < 1.29 is 32.5 Å². The molecular formula is C18H20F3N3O4. The van der Waals surface area contributed by atoms with Gasteiger partial charge in [0.05, 0.1) is 13.2 Å². The topological polar surface area (TPSA) is 107 Å². The van der Waals surface area contributed by atoms with Gasteiger partial charge in [-0.05, 0) is 23.8 Å². The van der Waals surface area contributed by atoms with Crippen molar-refractivity contribution in [2.24, 2.45) is 0 Å². The van der Waals surface area contributed by atoms with Crippen LogP contribution in [0.4, 0.5) is 13.2 Å². The monoisotopic (exact) mass is 399 g/mol. The Labute approximate surface area is 159 Å². The molecule has 0 aromatic heterocycles. The number of allylic oxidation sites excluding steroid dienone is 1. The van der Waals surface area contributed by atoms with Crippen LogP contribution < -0.4 is 4.74 Å². The standard InChI is InChI=1S/C18H20F3N3O4/c19-18(20,21)15(5-7-22)17(23)28-14-6-8-24(9-14)16(26)11-27-13-3-1-12(10-25)2-4-13/h1-5,7,14,22-23,25H,6,8-11H2/b15-5+,22-7?,23-17?/t14-/m1/s1. The number of carbonyl (C=O) groups excluding carboxylic acids is 1. The van der Waals surface area contributed by atoms with Crippen LogP contribution in [0.25, 0.3) is 0 Å². The van der Waals surface area contributed by atoms with Crippen molar-refractivity contribution in [2.45, 2.75) is 25.3 Å². The highest BCUT2D eigenvalue weighted by atomic mass is 19.4. The van der Waals surface area contributed by atoms with Gasteiger partial charge in [-0.15, -0.1) is 0 Å². The van der Waals surface area contributed by atoms with E-state index in [0.29, 0.717) is 23.6 Å². The van der Waals surface area contributed by atoms with E-state index in [4.69, 9.17) is 25.4 Å². The van der Waals surface area contributed by atoms with Gasteiger partial charge in [-0.3, -0.25) is 10.2 Å². The average Bonchev–Trinajstić information content (AvgIpc) is 3.12. The fourth-order valence-corrected chi connectivity index (χ4v) is 2.59. The first-order valence-electron chi connectivity index (χ1n) is 8.38. The molecule has 152 valence electrons. The fraction of sp³-hybridized carbons (Fsp3) is 0.389. The van der Waals surface area contributed by atoms with E-state index >= 15 is 0 Å². The van der Waals surface area contributed by atoms with Gasteiger partial charge in [0.2, 0.25) is 5.90 Å². The van der Waals surface area contributed by atoms with Crippen LogP contribution in [0.2, 0.25) is 0 Å². The van der Waals surface area contributed by atoms with Crippen LogP contribution in [0.15, 0.2) is 35.9 Å². The molecule has 2 rings (SSSR count). The molecular weight excluding hydrogens is 379 g/mol. The Kier molecular flexibility index (Phi) is 7.16. The first kappa shape index (κ1) is 21.4. The smallest absolute Gasteiger partial charge is 0.421 e. The number of ether oxygens (including phenoxy) is 2. The average molecular weight is 399 g/mol. The van der Waals surface area contributed by atoms with Gasteiger partial charge in [-0.25, -0.2) is 0 Å². The summed E-state index contributed by atoms with van der Waals surface area (Å²) in [7, 11) is 0. The molecule has 1 aliphatic heterocycles. The molecule has 0 spiro atoms. The van der Waals surface area contributed by atoms with Crippen LogP contribution in [-0.4, -0.2) is 60.0 Å². The molecule has 0 unspecified atom stereocenters. The molecule has 1 heterocycles. The third-order valence-electron chi connectivity index (χ3n) is 4.05. The molecule has 10 heteroatoms. The number of hydrogen-bond donors (Lipinski definition) is 3. The highest BCUT2D eigenvalue weighted by molar-refractivity contribution is 5.96. The Morgan fingerprint density at radius 3 is 2.57 bits per heavy atom. The number of benzene rings is 1. The lowest BCUT2D eigenvalue weighted by Gasteiger charge is -2.19. The first-order valence-corrected chi connectivity index (χ1v) is 8.38. The van der Waals surface area contributed by atoms with Gasteiger partial charge in [-0.2, -0.15) is 13.2 Å². The maximum atomic E-state index is 12.9. The summed E-state index contributed by atoms with van der Waals surface area (Å²) >= 11 is 0. The van der Waals surface area contributed by atoms with Gasteiger partial charge in [-0.1, -0.05) is 12.1 Å². The normalized spacial score (nSPS) is 17.4. The second-order valence-electron chi connectivity index (χ2n) is 6.03. The number of aliphatic hydroxyl groups excluding tert-OH is 1. The molecule has 0 aliphatic carbocycles. The number of alkyl halides is 3. The minimum Gasteiger partial charge on any atom is -0.484 e. The quantitative estimate of drug-likeness (QED) is 0.483. The predicted molar refractivity (Wildman–Crippen MR) is 94.6 cm³/mol. The van der Waals surface area contributed by atoms with Crippen molar-refractivity contribution in [1.82, 2.24) is 4.90 Å².